The molecule has 1 aromatic carbocycles. The summed E-state index contributed by atoms with van der Waals surface area (Å²) in [5.41, 5.74) is 4.08. The number of methoxy groups -OCH3 is 1. The van der Waals surface area contributed by atoms with Crippen LogP contribution in [0.15, 0.2) is 29.8 Å². The molecule has 4 aliphatic heterocycles. The quantitative estimate of drug-likeness (QED) is 0.770. The molecule has 0 aromatic heterocycles. The Morgan fingerprint density at radius 1 is 1.22 bits per heavy atom. The van der Waals surface area contributed by atoms with Crippen LogP contribution in [0.5, 0.6) is 5.75 Å². The second-order valence-electron chi connectivity index (χ2n) is 8.49. The van der Waals surface area contributed by atoms with Gasteiger partial charge in [-0.1, -0.05) is 23.8 Å². The van der Waals surface area contributed by atoms with Crippen molar-refractivity contribution in [1.29, 1.82) is 0 Å². The molecule has 6 rings (SSSR count). The number of hydrogen-bond donors (Lipinski definition) is 1. The monoisotopic (exact) mass is 370 g/mol. The van der Waals surface area contributed by atoms with E-state index in [-0.39, 0.29) is 5.92 Å². The summed E-state index contributed by atoms with van der Waals surface area (Å²) in [5.74, 6) is 0.505. The van der Waals surface area contributed by atoms with Gasteiger partial charge in [-0.2, -0.15) is 0 Å². The highest BCUT2D eigenvalue weighted by molar-refractivity contribution is 5.45. The third-order valence-corrected chi connectivity index (χ3v) is 6.83. The van der Waals surface area contributed by atoms with Crippen LogP contribution in [0.4, 0.5) is 0 Å². The Labute approximate surface area is 161 Å². The number of nitrogens with one attached hydrogen (secondary N) is 1. The van der Waals surface area contributed by atoms with Gasteiger partial charge in [-0.05, 0) is 37.9 Å². The first kappa shape index (κ1) is 17.7. The Hall–Kier alpha value is -1.40. The van der Waals surface area contributed by atoms with Crippen LogP contribution in [0.3, 0.4) is 0 Å². The first-order chi connectivity index (χ1) is 13.2. The Kier molecular flexibility index (Phi) is 4.51. The molecule has 6 bridgehead atoms. The van der Waals surface area contributed by atoms with Crippen LogP contribution in [0.25, 0.3) is 0 Å². The maximum absolute atomic E-state index is 6.22. The summed E-state index contributed by atoms with van der Waals surface area (Å²) >= 11 is 0. The predicted molar refractivity (Wildman–Crippen MR) is 104 cm³/mol. The topological polar surface area (TPSA) is 43.0 Å². The smallest absolute Gasteiger partial charge is 0.179 e. The van der Waals surface area contributed by atoms with Gasteiger partial charge in [0, 0.05) is 37.2 Å². The maximum Gasteiger partial charge on any atom is 0.179 e. The van der Waals surface area contributed by atoms with Crippen LogP contribution in [-0.2, 0) is 15.9 Å². The van der Waals surface area contributed by atoms with Crippen LogP contribution < -0.4 is 10.1 Å². The third kappa shape index (κ3) is 3.11. The van der Waals surface area contributed by atoms with Gasteiger partial charge in [-0.15, -0.1) is 0 Å². The summed E-state index contributed by atoms with van der Waals surface area (Å²) in [7, 11) is 4.03. The van der Waals surface area contributed by atoms with Crippen LogP contribution in [0.1, 0.15) is 36.3 Å². The molecule has 0 amide bonds. The van der Waals surface area contributed by atoms with E-state index in [4.69, 9.17) is 14.2 Å². The zero-order valence-electron chi connectivity index (χ0n) is 16.4. The highest BCUT2D eigenvalue weighted by Crippen LogP contribution is 2.48. The van der Waals surface area contributed by atoms with Gasteiger partial charge >= 0.3 is 0 Å². The van der Waals surface area contributed by atoms with Crippen molar-refractivity contribution in [3.05, 3.63) is 41.0 Å². The lowest BCUT2D eigenvalue weighted by atomic mass is 9.77. The van der Waals surface area contributed by atoms with Gasteiger partial charge in [0.25, 0.3) is 0 Å². The van der Waals surface area contributed by atoms with Gasteiger partial charge in [0.05, 0.1) is 26.2 Å². The summed E-state index contributed by atoms with van der Waals surface area (Å²) in [6.07, 6.45) is 6.54. The van der Waals surface area contributed by atoms with E-state index in [0.717, 1.165) is 44.5 Å². The lowest BCUT2D eigenvalue weighted by molar-refractivity contribution is -0.174. The third-order valence-electron chi connectivity index (χ3n) is 6.83. The van der Waals surface area contributed by atoms with E-state index < -0.39 is 5.79 Å². The van der Waals surface area contributed by atoms with Crippen molar-refractivity contribution in [2.75, 3.05) is 40.5 Å². The number of ether oxygens (including phenoxy) is 3. The van der Waals surface area contributed by atoms with Crippen molar-refractivity contribution < 1.29 is 14.2 Å². The molecule has 0 radical (unpaired) electrons. The van der Waals surface area contributed by atoms with E-state index in [1.165, 1.54) is 16.7 Å². The van der Waals surface area contributed by atoms with Gasteiger partial charge in [0.2, 0.25) is 0 Å². The molecule has 0 unspecified atom stereocenters. The molecule has 5 heteroatoms. The average Bonchev–Trinajstić information content (AvgIpc) is 3.14. The molecule has 146 valence electrons. The van der Waals surface area contributed by atoms with Crippen molar-refractivity contribution in [3.63, 3.8) is 0 Å². The number of hydrogen-bond acceptors (Lipinski definition) is 5. The fraction of sp³-hybridized carbons (Fsp3) is 0.636. The lowest BCUT2D eigenvalue weighted by Gasteiger charge is -2.42. The summed E-state index contributed by atoms with van der Waals surface area (Å²) in [4.78, 5) is 2.53. The van der Waals surface area contributed by atoms with Crippen molar-refractivity contribution in [2.24, 2.45) is 0 Å². The molecular formula is C22H30N2O3. The number of likely N-dealkylation sites (N-methyl/N-ethyl adjacent to an activating group) is 1. The molecule has 27 heavy (non-hydrogen) atoms. The molecular weight excluding hydrogens is 340 g/mol. The molecule has 1 aliphatic carbocycles. The largest absolute Gasteiger partial charge is 0.496 e. The van der Waals surface area contributed by atoms with Gasteiger partial charge in [0.15, 0.2) is 5.79 Å². The summed E-state index contributed by atoms with van der Waals surface area (Å²) in [5, 5.41) is 3.79. The Morgan fingerprint density at radius 2 is 2.07 bits per heavy atom. The van der Waals surface area contributed by atoms with E-state index in [1.807, 2.05) is 0 Å². The molecule has 3 atom stereocenters. The van der Waals surface area contributed by atoms with Crippen molar-refractivity contribution in [3.8, 4) is 5.75 Å². The van der Waals surface area contributed by atoms with E-state index in [0.29, 0.717) is 25.3 Å². The Bertz CT molecular complexity index is 741. The molecule has 1 spiro atoms. The van der Waals surface area contributed by atoms with Gasteiger partial charge in [0.1, 0.15) is 5.75 Å². The van der Waals surface area contributed by atoms with Crippen molar-refractivity contribution >= 4 is 0 Å². The maximum atomic E-state index is 6.22. The van der Waals surface area contributed by atoms with Gasteiger partial charge in [-0.3, -0.25) is 0 Å². The number of benzene rings is 1. The fourth-order valence-corrected chi connectivity index (χ4v) is 5.35. The molecule has 5 aliphatic rings. The normalized spacial score (nSPS) is 32.7. The summed E-state index contributed by atoms with van der Waals surface area (Å²) in [6, 6.07) is 7.73. The number of nitrogens with zero attached hydrogens (tertiary/aromatic N) is 1. The summed E-state index contributed by atoms with van der Waals surface area (Å²) in [6.45, 7) is 3.51. The average molecular weight is 370 g/mol. The van der Waals surface area contributed by atoms with Crippen LogP contribution in [-0.4, -0.2) is 63.2 Å². The Balaban J connectivity index is 1.63. The van der Waals surface area contributed by atoms with Crippen LogP contribution in [0, 0.1) is 0 Å². The lowest BCUT2D eigenvalue weighted by Crippen LogP contribution is -2.56. The first-order valence-corrected chi connectivity index (χ1v) is 10.2. The Morgan fingerprint density at radius 3 is 2.85 bits per heavy atom. The molecule has 5 nitrogen and oxygen atoms in total. The second kappa shape index (κ2) is 6.89. The molecule has 0 saturated carbocycles. The van der Waals surface area contributed by atoms with E-state index in [9.17, 15) is 0 Å². The first-order valence-electron chi connectivity index (χ1n) is 10.2. The molecule has 2 saturated heterocycles. The molecule has 1 aromatic rings. The highest BCUT2D eigenvalue weighted by atomic mass is 16.7. The molecule has 1 N–H and O–H groups in total. The minimum atomic E-state index is -0.525. The van der Waals surface area contributed by atoms with Gasteiger partial charge in [-0.25, -0.2) is 0 Å². The van der Waals surface area contributed by atoms with Crippen LogP contribution in [0.2, 0.25) is 0 Å². The minimum Gasteiger partial charge on any atom is -0.496 e. The second-order valence-corrected chi connectivity index (χ2v) is 8.49. The molecule has 4 heterocycles. The zero-order valence-corrected chi connectivity index (χ0v) is 16.4. The SMILES string of the molecule is COc1ccc2cc1[C@H]1C=C(CCC13OCCO3)C[C@H]1CN(C)[C@H](CN1)C2. The summed E-state index contributed by atoms with van der Waals surface area (Å²) < 4.78 is 18.2. The minimum absolute atomic E-state index is 0.0920. The standard InChI is InChI=1S/C22H30N2O3/c1-24-14-17-9-16-5-6-22(26-7-8-27-22)20(12-16)19-11-15(3-4-21(19)25-2)10-18(24)13-23-17/h3-4,11-12,17-18,20,23H,5-10,13-14H2,1-2H3/t17-,18-,20+/m0/s1. The van der Waals surface area contributed by atoms with E-state index >= 15 is 0 Å². The fourth-order valence-electron chi connectivity index (χ4n) is 5.35. The van der Waals surface area contributed by atoms with Crippen molar-refractivity contribution in [2.45, 2.75) is 49.5 Å². The molecule has 2 fully saturated rings. The highest BCUT2D eigenvalue weighted by Gasteiger charge is 2.47. The van der Waals surface area contributed by atoms with E-state index in [2.05, 4.69) is 41.5 Å². The van der Waals surface area contributed by atoms with Gasteiger partial charge < -0.3 is 24.4 Å². The number of rotatable bonds is 1. The predicted octanol–water partition coefficient (Wildman–Crippen LogP) is 2.46. The number of fused-ring (bicyclic) bond motifs is 2. The number of piperazine rings is 1. The van der Waals surface area contributed by atoms with Crippen molar-refractivity contribution in [1.82, 2.24) is 10.2 Å². The zero-order chi connectivity index (χ0) is 18.4. The van der Waals surface area contributed by atoms with E-state index in [1.54, 1.807) is 7.11 Å². The van der Waals surface area contributed by atoms with Crippen LogP contribution >= 0.6 is 0 Å².